The van der Waals surface area contributed by atoms with Gasteiger partial charge in [0, 0.05) is 45.4 Å². The smallest absolute Gasteiger partial charge is 0.253 e. The van der Waals surface area contributed by atoms with E-state index in [1.54, 1.807) is 38.0 Å². The average Bonchev–Trinajstić information content (AvgIpc) is 3.63. The average molecular weight is 516 g/mol. The van der Waals surface area contributed by atoms with Crippen molar-refractivity contribution in [1.82, 2.24) is 30.4 Å². The van der Waals surface area contributed by atoms with Crippen molar-refractivity contribution in [2.45, 2.75) is 56.4 Å². The highest BCUT2D eigenvalue weighted by Crippen LogP contribution is 2.48. The molecule has 0 bridgehead atoms. The number of carbonyl (C=O) groups excluding carboxylic acids is 2. The molecule has 5 rings (SSSR count). The molecule has 2 aromatic carbocycles. The third-order valence-corrected chi connectivity index (χ3v) is 8.37. The molecule has 0 radical (unpaired) electrons. The third kappa shape index (κ3) is 4.49. The number of tetrazole rings is 1. The predicted molar refractivity (Wildman–Crippen MR) is 145 cm³/mol. The van der Waals surface area contributed by atoms with E-state index >= 15 is 0 Å². The number of fused-ring (bicyclic) bond motifs is 2. The first-order valence-electron chi connectivity index (χ1n) is 13.4. The van der Waals surface area contributed by atoms with E-state index in [1.165, 1.54) is 12.8 Å². The minimum atomic E-state index is -0.768. The zero-order valence-electron chi connectivity index (χ0n) is 22.7. The minimum Gasteiger partial charge on any atom is -0.345 e. The van der Waals surface area contributed by atoms with Crippen LogP contribution in [0.2, 0.25) is 0 Å². The summed E-state index contributed by atoms with van der Waals surface area (Å²) < 4.78 is 0. The summed E-state index contributed by atoms with van der Waals surface area (Å²) in [4.78, 5) is 29.0. The lowest BCUT2D eigenvalue weighted by Crippen LogP contribution is -2.42. The van der Waals surface area contributed by atoms with Gasteiger partial charge in [0.2, 0.25) is 0 Å². The maximum absolute atomic E-state index is 12.9. The summed E-state index contributed by atoms with van der Waals surface area (Å²) in [6, 6.07) is 11.8. The van der Waals surface area contributed by atoms with Crippen molar-refractivity contribution in [3.05, 3.63) is 75.6 Å². The van der Waals surface area contributed by atoms with Crippen LogP contribution >= 0.6 is 0 Å². The summed E-state index contributed by atoms with van der Waals surface area (Å²) in [6.07, 6.45) is 6.69. The molecule has 200 valence electrons. The van der Waals surface area contributed by atoms with Crippen molar-refractivity contribution in [3.63, 3.8) is 0 Å². The van der Waals surface area contributed by atoms with Crippen LogP contribution in [-0.4, -0.2) is 76.5 Å². The van der Waals surface area contributed by atoms with Gasteiger partial charge >= 0.3 is 0 Å². The number of benzene rings is 2. The number of hydrogen-bond donors (Lipinski definition) is 2. The first kappa shape index (κ1) is 26.0. The Bertz CT molecular complexity index is 1260. The second-order valence-electron chi connectivity index (χ2n) is 11.2. The molecule has 1 fully saturated rings. The van der Waals surface area contributed by atoms with Gasteiger partial charge in [-0.25, -0.2) is 0 Å². The fourth-order valence-corrected chi connectivity index (χ4v) is 6.43. The highest BCUT2D eigenvalue weighted by molar-refractivity contribution is 5.95. The van der Waals surface area contributed by atoms with Crippen LogP contribution < -0.4 is 5.73 Å². The number of hydrogen-bond acceptors (Lipinski definition) is 6. The van der Waals surface area contributed by atoms with Gasteiger partial charge in [-0.1, -0.05) is 30.2 Å². The zero-order valence-corrected chi connectivity index (χ0v) is 22.7. The van der Waals surface area contributed by atoms with E-state index in [9.17, 15) is 9.59 Å². The predicted octanol–water partition coefficient (Wildman–Crippen LogP) is 2.94. The van der Waals surface area contributed by atoms with Gasteiger partial charge < -0.3 is 15.5 Å². The maximum Gasteiger partial charge on any atom is 0.253 e. The van der Waals surface area contributed by atoms with Gasteiger partial charge in [0.25, 0.3) is 11.8 Å². The van der Waals surface area contributed by atoms with Crippen molar-refractivity contribution < 1.29 is 9.59 Å². The Kier molecular flexibility index (Phi) is 7.05. The summed E-state index contributed by atoms with van der Waals surface area (Å²) in [5.41, 5.74) is 11.7. The number of aromatic amines is 1. The highest BCUT2D eigenvalue weighted by Gasteiger charge is 2.47. The molecule has 1 saturated carbocycles. The number of H-pyrrole nitrogens is 1. The standard InChI is InChI=1S/C29H37N7O2/c1-35(2)26(37)21-11-13-23-19(15-21)9-10-20-16-22(27(38)36(3)4)12-14-24(20)29(23,28-31-33-34-32-28)17-25(30)18-7-5-6-8-18/h11-16,18,25H,5-10,17,30H2,1-4H3,(H,31,32,33,34)/t25-/m1/s1. The summed E-state index contributed by atoms with van der Waals surface area (Å²) in [5, 5.41) is 15.7. The van der Waals surface area contributed by atoms with E-state index < -0.39 is 5.41 Å². The van der Waals surface area contributed by atoms with E-state index in [4.69, 9.17) is 5.73 Å². The second-order valence-corrected chi connectivity index (χ2v) is 11.2. The number of aryl methyl sites for hydroxylation is 2. The molecular formula is C29H37N7O2. The lowest BCUT2D eigenvalue weighted by molar-refractivity contribution is 0.0820. The van der Waals surface area contributed by atoms with E-state index in [2.05, 4.69) is 32.8 Å². The molecule has 9 heteroatoms. The van der Waals surface area contributed by atoms with E-state index in [0.29, 0.717) is 29.3 Å². The SMILES string of the molecule is CN(C)C(=O)c1ccc2c(c1)CCc1cc(C(=O)N(C)C)ccc1C2(C[C@@H](N)C1CCCC1)c1nn[nH]n1. The Morgan fingerprint density at radius 1 is 0.947 bits per heavy atom. The molecule has 0 spiro atoms. The Morgan fingerprint density at radius 2 is 1.47 bits per heavy atom. The number of rotatable bonds is 6. The molecule has 0 saturated heterocycles. The molecule has 38 heavy (non-hydrogen) atoms. The molecule has 1 heterocycles. The van der Waals surface area contributed by atoms with Crippen LogP contribution in [-0.2, 0) is 18.3 Å². The monoisotopic (exact) mass is 515 g/mol. The number of carbonyl (C=O) groups is 2. The number of aromatic nitrogens is 4. The molecule has 0 unspecified atom stereocenters. The zero-order chi connectivity index (χ0) is 27.0. The normalized spacial score (nSPS) is 17.3. The number of nitrogens with two attached hydrogens (primary N) is 1. The van der Waals surface area contributed by atoms with Crippen LogP contribution in [0, 0.1) is 5.92 Å². The van der Waals surface area contributed by atoms with Gasteiger partial charge in [-0.05, 0) is 84.5 Å². The quantitative estimate of drug-likeness (QED) is 0.521. The van der Waals surface area contributed by atoms with Gasteiger partial charge in [-0.3, -0.25) is 9.59 Å². The molecule has 0 aliphatic heterocycles. The third-order valence-electron chi connectivity index (χ3n) is 8.37. The summed E-state index contributed by atoms with van der Waals surface area (Å²) in [7, 11) is 7.05. The van der Waals surface area contributed by atoms with Crippen molar-refractivity contribution in [1.29, 1.82) is 0 Å². The molecule has 2 aliphatic rings. The summed E-state index contributed by atoms with van der Waals surface area (Å²) in [6.45, 7) is 0. The van der Waals surface area contributed by atoms with Crippen molar-refractivity contribution >= 4 is 11.8 Å². The Balaban J connectivity index is 1.75. The Labute approximate surface area is 223 Å². The fourth-order valence-electron chi connectivity index (χ4n) is 6.43. The molecule has 3 aromatic rings. The molecule has 1 aromatic heterocycles. The van der Waals surface area contributed by atoms with Crippen LogP contribution in [0.15, 0.2) is 36.4 Å². The second kappa shape index (κ2) is 10.3. The van der Waals surface area contributed by atoms with Crippen LogP contribution in [0.25, 0.3) is 0 Å². The van der Waals surface area contributed by atoms with E-state index in [1.807, 2.05) is 24.3 Å². The lowest BCUT2D eigenvalue weighted by Gasteiger charge is -2.37. The Morgan fingerprint density at radius 3 is 1.92 bits per heavy atom. The fraction of sp³-hybridized carbons (Fsp3) is 0.483. The number of amides is 2. The minimum absolute atomic E-state index is 0.0405. The highest BCUT2D eigenvalue weighted by atomic mass is 16.2. The van der Waals surface area contributed by atoms with Gasteiger partial charge in [0.15, 0.2) is 5.82 Å². The van der Waals surface area contributed by atoms with Crippen LogP contribution in [0.3, 0.4) is 0 Å². The Hall–Kier alpha value is -3.59. The lowest BCUT2D eigenvalue weighted by atomic mass is 9.66. The topological polar surface area (TPSA) is 121 Å². The molecule has 9 nitrogen and oxygen atoms in total. The van der Waals surface area contributed by atoms with Gasteiger partial charge in [-0.2, -0.15) is 5.21 Å². The molecule has 1 atom stereocenters. The van der Waals surface area contributed by atoms with Gasteiger partial charge in [0.05, 0.1) is 5.41 Å². The van der Waals surface area contributed by atoms with Crippen molar-refractivity contribution in [2.75, 3.05) is 28.2 Å². The van der Waals surface area contributed by atoms with Crippen molar-refractivity contribution in [2.24, 2.45) is 11.7 Å². The molecular weight excluding hydrogens is 478 g/mol. The van der Waals surface area contributed by atoms with Crippen molar-refractivity contribution in [3.8, 4) is 0 Å². The first-order chi connectivity index (χ1) is 18.2. The van der Waals surface area contributed by atoms with E-state index in [-0.39, 0.29) is 17.9 Å². The van der Waals surface area contributed by atoms with Gasteiger partial charge in [0.1, 0.15) is 0 Å². The number of nitrogens with zero attached hydrogens (tertiary/aromatic N) is 5. The molecule has 3 N–H and O–H groups in total. The first-order valence-corrected chi connectivity index (χ1v) is 13.4. The summed E-state index contributed by atoms with van der Waals surface area (Å²) in [5.74, 6) is 0.911. The largest absolute Gasteiger partial charge is 0.345 e. The molecule has 2 aliphatic carbocycles. The van der Waals surface area contributed by atoms with Gasteiger partial charge in [-0.15, -0.1) is 10.2 Å². The molecule has 2 amide bonds. The van der Waals surface area contributed by atoms with Crippen LogP contribution in [0.1, 0.15) is 80.9 Å². The van der Waals surface area contributed by atoms with E-state index in [0.717, 1.165) is 47.9 Å². The maximum atomic E-state index is 12.9. The van der Waals surface area contributed by atoms with Crippen LogP contribution in [0.4, 0.5) is 0 Å². The van der Waals surface area contributed by atoms with Crippen LogP contribution in [0.5, 0.6) is 0 Å². The number of nitrogens with one attached hydrogen (secondary N) is 1. The summed E-state index contributed by atoms with van der Waals surface area (Å²) >= 11 is 0.